The minimum Gasteiger partial charge on any atom is -0.245 e. The van der Waals surface area contributed by atoms with Crippen LogP contribution in [0.2, 0.25) is 0 Å². The Hall–Kier alpha value is -2.56. The van der Waals surface area contributed by atoms with Crippen molar-refractivity contribution in [2.24, 2.45) is 5.92 Å². The van der Waals surface area contributed by atoms with Gasteiger partial charge in [0.1, 0.15) is 11.6 Å². The van der Waals surface area contributed by atoms with Gasteiger partial charge in [0.25, 0.3) is 0 Å². The molecule has 25 heavy (non-hydrogen) atoms. The molecule has 3 aromatic rings. The van der Waals surface area contributed by atoms with Crippen molar-refractivity contribution in [2.45, 2.75) is 34.2 Å². The van der Waals surface area contributed by atoms with E-state index in [-0.39, 0.29) is 5.56 Å². The Morgan fingerprint density at radius 1 is 1.04 bits per heavy atom. The average Bonchev–Trinajstić information content (AvgIpc) is 2.89. The third-order valence-corrected chi connectivity index (χ3v) is 4.09. The number of hydrogen-bond acceptors (Lipinski definition) is 2. The topological polar surface area (TPSA) is 30.7 Å². The number of halogens is 2. The molecule has 0 bridgehead atoms. The Morgan fingerprint density at radius 2 is 1.72 bits per heavy atom. The molecule has 0 amide bonds. The summed E-state index contributed by atoms with van der Waals surface area (Å²) < 4.78 is 29.3. The van der Waals surface area contributed by atoms with E-state index in [1.54, 1.807) is 4.68 Å². The van der Waals surface area contributed by atoms with Crippen LogP contribution in [0.4, 0.5) is 8.78 Å². The van der Waals surface area contributed by atoms with Gasteiger partial charge in [-0.15, -0.1) is 0 Å². The zero-order valence-electron chi connectivity index (χ0n) is 14.8. The SMILES string of the molecule is Cc1cccc(C)c1-c1nc(-c2ccc(F)cc2F)n(CC(C)C)n1. The standard InChI is InChI=1S/C20H21F2N3/c1-12(2)11-25-20(16-9-8-15(21)10-17(16)22)23-19(24-25)18-13(3)6-5-7-14(18)4/h5-10,12H,11H2,1-4H3. The molecule has 0 unspecified atom stereocenters. The van der Waals surface area contributed by atoms with E-state index in [4.69, 9.17) is 0 Å². The summed E-state index contributed by atoms with van der Waals surface area (Å²) in [6, 6.07) is 9.53. The Balaban J connectivity index is 2.19. The van der Waals surface area contributed by atoms with Crippen LogP contribution in [0.1, 0.15) is 25.0 Å². The lowest BCUT2D eigenvalue weighted by Gasteiger charge is -2.09. The fourth-order valence-electron chi connectivity index (χ4n) is 2.96. The molecule has 0 aliphatic heterocycles. The van der Waals surface area contributed by atoms with Crippen LogP contribution in [-0.2, 0) is 6.54 Å². The molecule has 0 fully saturated rings. The van der Waals surface area contributed by atoms with Crippen LogP contribution in [0.3, 0.4) is 0 Å². The van der Waals surface area contributed by atoms with Gasteiger partial charge in [0.2, 0.25) is 0 Å². The minimum atomic E-state index is -0.634. The van der Waals surface area contributed by atoms with Gasteiger partial charge in [-0.25, -0.2) is 18.4 Å². The molecular formula is C20H21F2N3. The summed E-state index contributed by atoms with van der Waals surface area (Å²) >= 11 is 0. The van der Waals surface area contributed by atoms with Gasteiger partial charge in [-0.05, 0) is 43.0 Å². The summed E-state index contributed by atoms with van der Waals surface area (Å²) in [6.07, 6.45) is 0. The van der Waals surface area contributed by atoms with Gasteiger partial charge in [0.05, 0.1) is 5.56 Å². The Kier molecular flexibility index (Phi) is 4.66. The highest BCUT2D eigenvalue weighted by Gasteiger charge is 2.19. The monoisotopic (exact) mass is 341 g/mol. The smallest absolute Gasteiger partial charge is 0.182 e. The molecule has 0 saturated carbocycles. The summed E-state index contributed by atoms with van der Waals surface area (Å²) in [7, 11) is 0. The minimum absolute atomic E-state index is 0.257. The van der Waals surface area contributed by atoms with E-state index < -0.39 is 11.6 Å². The molecule has 0 aliphatic rings. The van der Waals surface area contributed by atoms with E-state index in [1.165, 1.54) is 12.1 Å². The van der Waals surface area contributed by atoms with E-state index in [9.17, 15) is 8.78 Å². The summed E-state index contributed by atoms with van der Waals surface area (Å²) in [5.41, 5.74) is 3.33. The first-order valence-electron chi connectivity index (χ1n) is 8.33. The lowest BCUT2D eigenvalue weighted by molar-refractivity contribution is 0.485. The lowest BCUT2D eigenvalue weighted by atomic mass is 10.0. The van der Waals surface area contributed by atoms with Crippen molar-refractivity contribution in [3.05, 3.63) is 59.2 Å². The summed E-state index contributed by atoms with van der Waals surface area (Å²) in [6.45, 7) is 8.73. The van der Waals surface area contributed by atoms with Crippen LogP contribution in [0.25, 0.3) is 22.8 Å². The first-order chi connectivity index (χ1) is 11.9. The van der Waals surface area contributed by atoms with E-state index in [0.29, 0.717) is 24.1 Å². The predicted molar refractivity (Wildman–Crippen MR) is 95.1 cm³/mol. The molecule has 2 aromatic carbocycles. The molecule has 5 heteroatoms. The molecule has 3 nitrogen and oxygen atoms in total. The van der Waals surface area contributed by atoms with Crippen molar-refractivity contribution >= 4 is 0 Å². The number of rotatable bonds is 4. The zero-order valence-corrected chi connectivity index (χ0v) is 14.8. The van der Waals surface area contributed by atoms with E-state index in [0.717, 1.165) is 22.8 Å². The number of nitrogens with zero attached hydrogens (tertiary/aromatic N) is 3. The average molecular weight is 341 g/mol. The molecule has 1 heterocycles. The molecule has 0 N–H and O–H groups in total. The summed E-state index contributed by atoms with van der Waals surface area (Å²) in [4.78, 5) is 4.61. The van der Waals surface area contributed by atoms with Gasteiger partial charge in [-0.3, -0.25) is 0 Å². The summed E-state index contributed by atoms with van der Waals surface area (Å²) in [5.74, 6) is 0.0604. The number of hydrogen-bond donors (Lipinski definition) is 0. The quantitative estimate of drug-likeness (QED) is 0.656. The van der Waals surface area contributed by atoms with Crippen molar-refractivity contribution in [3.63, 3.8) is 0 Å². The fourth-order valence-corrected chi connectivity index (χ4v) is 2.96. The van der Waals surface area contributed by atoms with Crippen molar-refractivity contribution < 1.29 is 8.78 Å². The largest absolute Gasteiger partial charge is 0.245 e. The third kappa shape index (κ3) is 3.45. The normalized spacial score (nSPS) is 11.3. The van der Waals surface area contributed by atoms with Gasteiger partial charge in [0, 0.05) is 18.2 Å². The van der Waals surface area contributed by atoms with E-state index >= 15 is 0 Å². The Morgan fingerprint density at radius 3 is 2.32 bits per heavy atom. The van der Waals surface area contributed by atoms with Crippen LogP contribution in [0.5, 0.6) is 0 Å². The fraction of sp³-hybridized carbons (Fsp3) is 0.300. The van der Waals surface area contributed by atoms with Crippen LogP contribution in [0, 0.1) is 31.4 Å². The van der Waals surface area contributed by atoms with Crippen molar-refractivity contribution in [1.29, 1.82) is 0 Å². The second kappa shape index (κ2) is 6.75. The Bertz CT molecular complexity index is 893. The van der Waals surface area contributed by atoms with E-state index in [2.05, 4.69) is 23.9 Å². The van der Waals surface area contributed by atoms with Gasteiger partial charge >= 0.3 is 0 Å². The maximum Gasteiger partial charge on any atom is 0.182 e. The van der Waals surface area contributed by atoms with Crippen molar-refractivity contribution in [1.82, 2.24) is 14.8 Å². The van der Waals surface area contributed by atoms with Gasteiger partial charge in [-0.2, -0.15) is 5.10 Å². The molecule has 0 saturated heterocycles. The first kappa shape index (κ1) is 17.3. The van der Waals surface area contributed by atoms with Gasteiger partial charge in [-0.1, -0.05) is 32.0 Å². The van der Waals surface area contributed by atoms with E-state index in [1.807, 2.05) is 32.0 Å². The molecule has 0 atom stereocenters. The molecule has 1 aromatic heterocycles. The number of benzene rings is 2. The summed E-state index contributed by atoms with van der Waals surface area (Å²) in [5, 5.41) is 4.63. The van der Waals surface area contributed by atoms with Gasteiger partial charge < -0.3 is 0 Å². The van der Waals surface area contributed by atoms with Gasteiger partial charge in [0.15, 0.2) is 11.6 Å². The van der Waals surface area contributed by atoms with Crippen LogP contribution in [-0.4, -0.2) is 14.8 Å². The second-order valence-electron chi connectivity index (χ2n) is 6.73. The molecule has 0 aliphatic carbocycles. The third-order valence-electron chi connectivity index (χ3n) is 4.09. The van der Waals surface area contributed by atoms with Crippen LogP contribution in [0.15, 0.2) is 36.4 Å². The maximum absolute atomic E-state index is 14.3. The highest BCUT2D eigenvalue weighted by atomic mass is 19.1. The maximum atomic E-state index is 14.3. The molecule has 130 valence electrons. The molecule has 0 radical (unpaired) electrons. The number of aromatic nitrogens is 3. The molecule has 0 spiro atoms. The second-order valence-corrected chi connectivity index (χ2v) is 6.73. The Labute approximate surface area is 146 Å². The molecular weight excluding hydrogens is 320 g/mol. The number of aryl methyl sites for hydroxylation is 2. The van der Waals surface area contributed by atoms with Crippen molar-refractivity contribution in [3.8, 4) is 22.8 Å². The highest BCUT2D eigenvalue weighted by molar-refractivity contribution is 5.67. The first-order valence-corrected chi connectivity index (χ1v) is 8.33. The van der Waals surface area contributed by atoms with Crippen LogP contribution < -0.4 is 0 Å². The molecule has 3 rings (SSSR count). The zero-order chi connectivity index (χ0) is 18.1. The van der Waals surface area contributed by atoms with Crippen LogP contribution >= 0.6 is 0 Å². The van der Waals surface area contributed by atoms with Crippen molar-refractivity contribution in [2.75, 3.05) is 0 Å². The predicted octanol–water partition coefficient (Wildman–Crippen LogP) is 5.16. The highest BCUT2D eigenvalue weighted by Crippen LogP contribution is 2.29. The lowest BCUT2D eigenvalue weighted by Crippen LogP contribution is -2.08.